The van der Waals surface area contributed by atoms with Crippen molar-refractivity contribution in [3.05, 3.63) is 41.5 Å². The minimum absolute atomic E-state index is 0.0800. The van der Waals surface area contributed by atoms with Crippen molar-refractivity contribution in [3.8, 4) is 0 Å². The second-order valence-electron chi connectivity index (χ2n) is 3.90. The molecule has 1 amide bonds. The second kappa shape index (κ2) is 6.08. The molecule has 0 aliphatic heterocycles. The Morgan fingerprint density at radius 1 is 1.31 bits per heavy atom. The number of para-hydroxylation sites is 1. The average molecular weight is 218 g/mol. The van der Waals surface area contributed by atoms with Gasteiger partial charge < -0.3 is 10.6 Å². The smallest absolute Gasteiger partial charge is 0.248 e. The molecule has 0 aromatic heterocycles. The fourth-order valence-corrected chi connectivity index (χ4v) is 1.42. The third-order valence-corrected chi connectivity index (χ3v) is 2.06. The van der Waals surface area contributed by atoms with Crippen molar-refractivity contribution in [1.29, 1.82) is 0 Å². The first-order chi connectivity index (χ1) is 7.63. The third kappa shape index (κ3) is 3.87. The van der Waals surface area contributed by atoms with E-state index in [0.29, 0.717) is 0 Å². The van der Waals surface area contributed by atoms with Crippen LogP contribution < -0.4 is 10.6 Å². The van der Waals surface area contributed by atoms with Crippen LogP contribution in [0.15, 0.2) is 35.9 Å². The maximum absolute atomic E-state index is 11.6. The molecule has 16 heavy (non-hydrogen) atoms. The van der Waals surface area contributed by atoms with Crippen LogP contribution in [0.2, 0.25) is 0 Å². The van der Waals surface area contributed by atoms with Crippen molar-refractivity contribution < 1.29 is 4.79 Å². The molecule has 0 bridgehead atoms. The fourth-order valence-electron chi connectivity index (χ4n) is 1.42. The van der Waals surface area contributed by atoms with E-state index in [1.165, 1.54) is 0 Å². The molecule has 0 unspecified atom stereocenters. The van der Waals surface area contributed by atoms with Crippen LogP contribution in [-0.2, 0) is 11.3 Å². The van der Waals surface area contributed by atoms with Gasteiger partial charge >= 0.3 is 0 Å². The molecule has 3 heteroatoms. The highest BCUT2D eigenvalue weighted by atomic mass is 16.1. The zero-order valence-electron chi connectivity index (χ0n) is 10.0. The SMILES string of the molecule is CNCc1ccccc1NC(=O)C=C(C)C. The topological polar surface area (TPSA) is 41.1 Å². The lowest BCUT2D eigenvalue weighted by atomic mass is 10.1. The van der Waals surface area contributed by atoms with Crippen LogP contribution >= 0.6 is 0 Å². The third-order valence-electron chi connectivity index (χ3n) is 2.06. The quantitative estimate of drug-likeness (QED) is 0.761. The highest BCUT2D eigenvalue weighted by Crippen LogP contribution is 2.14. The van der Waals surface area contributed by atoms with Gasteiger partial charge in [0, 0.05) is 18.3 Å². The van der Waals surface area contributed by atoms with Crippen molar-refractivity contribution in [3.63, 3.8) is 0 Å². The zero-order valence-corrected chi connectivity index (χ0v) is 10.0. The Balaban J connectivity index is 2.80. The molecule has 0 spiro atoms. The molecule has 0 atom stereocenters. The highest BCUT2D eigenvalue weighted by Gasteiger charge is 2.03. The predicted octanol–water partition coefficient (Wildman–Crippen LogP) is 2.31. The summed E-state index contributed by atoms with van der Waals surface area (Å²) in [6.45, 7) is 4.55. The first-order valence-electron chi connectivity index (χ1n) is 5.32. The summed E-state index contributed by atoms with van der Waals surface area (Å²) in [6.07, 6.45) is 1.59. The molecule has 1 rings (SSSR count). The number of hydrogen-bond acceptors (Lipinski definition) is 2. The van der Waals surface area contributed by atoms with Gasteiger partial charge in [-0.1, -0.05) is 23.8 Å². The number of allylic oxidation sites excluding steroid dienone is 1. The van der Waals surface area contributed by atoms with E-state index in [1.807, 2.05) is 45.2 Å². The number of anilines is 1. The first-order valence-corrected chi connectivity index (χ1v) is 5.32. The number of carbonyl (C=O) groups is 1. The summed E-state index contributed by atoms with van der Waals surface area (Å²) >= 11 is 0. The van der Waals surface area contributed by atoms with Crippen LogP contribution in [0.5, 0.6) is 0 Å². The number of nitrogens with one attached hydrogen (secondary N) is 2. The molecule has 0 aliphatic rings. The standard InChI is InChI=1S/C13H18N2O/c1-10(2)8-13(16)15-12-7-5-4-6-11(12)9-14-3/h4-8,14H,9H2,1-3H3,(H,15,16). The van der Waals surface area contributed by atoms with Crippen LogP contribution in [0.1, 0.15) is 19.4 Å². The molecule has 1 aromatic rings. The van der Waals surface area contributed by atoms with Crippen molar-refractivity contribution >= 4 is 11.6 Å². The first kappa shape index (κ1) is 12.5. The molecule has 3 nitrogen and oxygen atoms in total. The van der Waals surface area contributed by atoms with E-state index >= 15 is 0 Å². The Morgan fingerprint density at radius 3 is 2.62 bits per heavy atom. The van der Waals surface area contributed by atoms with Crippen LogP contribution in [-0.4, -0.2) is 13.0 Å². The van der Waals surface area contributed by atoms with Crippen LogP contribution in [0.3, 0.4) is 0 Å². The van der Waals surface area contributed by atoms with Gasteiger partial charge in [0.2, 0.25) is 5.91 Å². The maximum atomic E-state index is 11.6. The summed E-state index contributed by atoms with van der Waals surface area (Å²) in [7, 11) is 1.88. The molecule has 0 fully saturated rings. The van der Waals surface area contributed by atoms with Gasteiger partial charge in [0.15, 0.2) is 0 Å². The second-order valence-corrected chi connectivity index (χ2v) is 3.90. The number of benzene rings is 1. The number of carbonyl (C=O) groups excluding carboxylic acids is 1. The van der Waals surface area contributed by atoms with E-state index in [-0.39, 0.29) is 5.91 Å². The van der Waals surface area contributed by atoms with Gasteiger partial charge in [-0.05, 0) is 32.5 Å². The molecule has 0 saturated heterocycles. The summed E-state index contributed by atoms with van der Waals surface area (Å²) < 4.78 is 0. The number of hydrogen-bond donors (Lipinski definition) is 2. The van der Waals surface area contributed by atoms with E-state index in [1.54, 1.807) is 6.08 Å². The molecular weight excluding hydrogens is 200 g/mol. The van der Waals surface area contributed by atoms with E-state index in [2.05, 4.69) is 10.6 Å². The van der Waals surface area contributed by atoms with Gasteiger partial charge in [-0.25, -0.2) is 0 Å². The molecule has 2 N–H and O–H groups in total. The lowest BCUT2D eigenvalue weighted by Crippen LogP contribution is -2.13. The summed E-state index contributed by atoms with van der Waals surface area (Å²) in [6, 6.07) is 7.78. The van der Waals surface area contributed by atoms with Gasteiger partial charge in [-0.15, -0.1) is 0 Å². The molecular formula is C13H18N2O. The number of amides is 1. The van der Waals surface area contributed by atoms with E-state index in [4.69, 9.17) is 0 Å². The molecule has 0 heterocycles. The van der Waals surface area contributed by atoms with Gasteiger partial charge in [0.1, 0.15) is 0 Å². The van der Waals surface area contributed by atoms with Gasteiger partial charge in [-0.2, -0.15) is 0 Å². The van der Waals surface area contributed by atoms with Crippen molar-refractivity contribution in [1.82, 2.24) is 5.32 Å². The minimum atomic E-state index is -0.0800. The highest BCUT2D eigenvalue weighted by molar-refractivity contribution is 6.00. The van der Waals surface area contributed by atoms with Crippen molar-refractivity contribution in [2.45, 2.75) is 20.4 Å². The van der Waals surface area contributed by atoms with Crippen LogP contribution in [0.25, 0.3) is 0 Å². The number of rotatable bonds is 4. The largest absolute Gasteiger partial charge is 0.322 e. The van der Waals surface area contributed by atoms with E-state index in [0.717, 1.165) is 23.4 Å². The normalized spacial score (nSPS) is 9.69. The maximum Gasteiger partial charge on any atom is 0.248 e. The van der Waals surface area contributed by atoms with Crippen molar-refractivity contribution in [2.75, 3.05) is 12.4 Å². The van der Waals surface area contributed by atoms with Crippen LogP contribution in [0.4, 0.5) is 5.69 Å². The predicted molar refractivity (Wildman–Crippen MR) is 67.3 cm³/mol. The Hall–Kier alpha value is -1.61. The Morgan fingerprint density at radius 2 is 2.00 bits per heavy atom. The Bertz CT molecular complexity index is 393. The summed E-state index contributed by atoms with van der Waals surface area (Å²) in [5.74, 6) is -0.0800. The van der Waals surface area contributed by atoms with Crippen LogP contribution in [0, 0.1) is 0 Å². The lowest BCUT2D eigenvalue weighted by Gasteiger charge is -2.09. The van der Waals surface area contributed by atoms with Gasteiger partial charge in [-0.3, -0.25) is 4.79 Å². The molecule has 0 aliphatic carbocycles. The Labute approximate surface area is 96.6 Å². The zero-order chi connectivity index (χ0) is 12.0. The minimum Gasteiger partial charge on any atom is -0.322 e. The summed E-state index contributed by atoms with van der Waals surface area (Å²) in [5.41, 5.74) is 2.93. The molecule has 0 saturated carbocycles. The van der Waals surface area contributed by atoms with E-state index < -0.39 is 0 Å². The lowest BCUT2D eigenvalue weighted by molar-refractivity contribution is -0.111. The van der Waals surface area contributed by atoms with Crippen molar-refractivity contribution in [2.24, 2.45) is 0 Å². The van der Waals surface area contributed by atoms with Gasteiger partial charge in [0.25, 0.3) is 0 Å². The molecule has 0 radical (unpaired) electrons. The Kier molecular flexibility index (Phi) is 4.73. The average Bonchev–Trinajstić information content (AvgIpc) is 2.20. The summed E-state index contributed by atoms with van der Waals surface area (Å²) in [5, 5.41) is 5.94. The monoisotopic (exact) mass is 218 g/mol. The molecule has 1 aromatic carbocycles. The van der Waals surface area contributed by atoms with Gasteiger partial charge in [0.05, 0.1) is 0 Å². The fraction of sp³-hybridized carbons (Fsp3) is 0.308. The summed E-state index contributed by atoms with van der Waals surface area (Å²) in [4.78, 5) is 11.6. The molecule has 86 valence electrons. The van der Waals surface area contributed by atoms with E-state index in [9.17, 15) is 4.79 Å².